The van der Waals surface area contributed by atoms with Gasteiger partial charge in [0, 0.05) is 25.1 Å². The number of carbonyl (C=O) groups is 1. The van der Waals surface area contributed by atoms with Crippen LogP contribution < -0.4 is 9.47 Å². The van der Waals surface area contributed by atoms with Crippen molar-refractivity contribution < 1.29 is 23.5 Å². The van der Waals surface area contributed by atoms with Crippen molar-refractivity contribution in [3.05, 3.63) is 95.4 Å². The Kier molecular flexibility index (Phi) is 9.48. The lowest BCUT2D eigenvalue weighted by atomic mass is 10.1. The van der Waals surface area contributed by atoms with Gasteiger partial charge in [0.2, 0.25) is 17.6 Å². The van der Waals surface area contributed by atoms with E-state index in [4.69, 9.17) is 18.7 Å². The Balaban J connectivity index is 1.40. The molecule has 1 aromatic heterocycles. The lowest BCUT2D eigenvalue weighted by Gasteiger charge is -2.22. The minimum atomic E-state index is -0.0975. The van der Waals surface area contributed by atoms with E-state index >= 15 is 0 Å². The number of rotatable bonds is 13. The van der Waals surface area contributed by atoms with Crippen molar-refractivity contribution in [2.75, 3.05) is 33.9 Å². The summed E-state index contributed by atoms with van der Waals surface area (Å²) in [4.78, 5) is 19.4. The van der Waals surface area contributed by atoms with Gasteiger partial charge < -0.3 is 23.6 Å². The maximum Gasteiger partial charge on any atom is 0.248 e. The number of methoxy groups -OCH3 is 2. The number of aryl methyl sites for hydroxylation is 1. The zero-order valence-electron chi connectivity index (χ0n) is 22.1. The van der Waals surface area contributed by atoms with E-state index in [9.17, 15) is 4.79 Å². The summed E-state index contributed by atoms with van der Waals surface area (Å²) in [5.74, 6) is 2.24. The summed E-state index contributed by atoms with van der Waals surface area (Å²) in [6, 6.07) is 23.5. The van der Waals surface area contributed by atoms with Crippen LogP contribution >= 0.6 is 0 Å². The molecule has 4 rings (SSSR count). The van der Waals surface area contributed by atoms with Crippen LogP contribution in [0.3, 0.4) is 0 Å². The van der Waals surface area contributed by atoms with Gasteiger partial charge in [-0.3, -0.25) is 4.79 Å². The zero-order chi connectivity index (χ0) is 26.7. The van der Waals surface area contributed by atoms with Crippen LogP contribution in [0.1, 0.15) is 22.6 Å². The van der Waals surface area contributed by atoms with E-state index in [2.05, 4.69) is 10.1 Å². The largest absolute Gasteiger partial charge is 0.493 e. The number of ether oxygens (including phenoxy) is 3. The number of hydrogen-bond acceptors (Lipinski definition) is 7. The molecule has 0 aliphatic carbocycles. The van der Waals surface area contributed by atoms with Crippen molar-refractivity contribution in [2.45, 2.75) is 26.4 Å². The number of aromatic nitrogens is 2. The first kappa shape index (κ1) is 26.9. The Morgan fingerprint density at radius 1 is 0.868 bits per heavy atom. The van der Waals surface area contributed by atoms with E-state index in [-0.39, 0.29) is 12.5 Å². The Labute approximate surface area is 223 Å². The monoisotopic (exact) mass is 515 g/mol. The Morgan fingerprint density at radius 3 is 2.34 bits per heavy atom. The average molecular weight is 516 g/mol. The summed E-state index contributed by atoms with van der Waals surface area (Å²) in [7, 11) is 3.21. The van der Waals surface area contributed by atoms with Crippen molar-refractivity contribution in [1.82, 2.24) is 15.0 Å². The van der Waals surface area contributed by atoms with Gasteiger partial charge in [-0.25, -0.2) is 0 Å². The van der Waals surface area contributed by atoms with E-state index in [0.717, 1.165) is 22.3 Å². The molecule has 8 heteroatoms. The van der Waals surface area contributed by atoms with Crippen molar-refractivity contribution in [3.8, 4) is 22.9 Å². The van der Waals surface area contributed by atoms with Gasteiger partial charge in [-0.1, -0.05) is 71.4 Å². The van der Waals surface area contributed by atoms with Gasteiger partial charge in [0.15, 0.2) is 11.5 Å². The fourth-order valence-electron chi connectivity index (χ4n) is 3.99. The van der Waals surface area contributed by atoms with Crippen molar-refractivity contribution >= 4 is 5.91 Å². The van der Waals surface area contributed by atoms with Gasteiger partial charge in [0.05, 0.1) is 20.8 Å². The molecular formula is C30H33N3O5. The quantitative estimate of drug-likeness (QED) is 0.250. The molecule has 8 nitrogen and oxygen atoms in total. The summed E-state index contributed by atoms with van der Waals surface area (Å²) in [6.07, 6.45) is 1.08. The number of benzene rings is 3. The SMILES string of the molecule is COc1ccc(CCN(CCc2nc(-c3ccc(C)cc3)no2)C(=O)COCc2ccccc2)cc1OC. The average Bonchev–Trinajstić information content (AvgIpc) is 3.42. The molecule has 0 saturated heterocycles. The van der Waals surface area contributed by atoms with Gasteiger partial charge in [-0.2, -0.15) is 4.98 Å². The molecule has 0 aliphatic heterocycles. The number of amides is 1. The van der Waals surface area contributed by atoms with Crippen LogP contribution in [0.4, 0.5) is 0 Å². The second-order valence-corrected chi connectivity index (χ2v) is 8.93. The predicted molar refractivity (Wildman–Crippen MR) is 144 cm³/mol. The highest BCUT2D eigenvalue weighted by atomic mass is 16.5. The molecule has 4 aromatic rings. The summed E-state index contributed by atoms with van der Waals surface area (Å²) in [5, 5.41) is 4.11. The highest BCUT2D eigenvalue weighted by Crippen LogP contribution is 2.27. The highest BCUT2D eigenvalue weighted by molar-refractivity contribution is 5.77. The van der Waals surface area contributed by atoms with Crippen molar-refractivity contribution in [1.29, 1.82) is 0 Å². The number of nitrogens with zero attached hydrogens (tertiary/aromatic N) is 3. The first-order valence-electron chi connectivity index (χ1n) is 12.6. The molecule has 0 atom stereocenters. The molecule has 38 heavy (non-hydrogen) atoms. The Morgan fingerprint density at radius 2 is 1.61 bits per heavy atom. The molecule has 0 spiro atoms. The van der Waals surface area contributed by atoms with Crippen molar-refractivity contribution in [2.24, 2.45) is 0 Å². The molecule has 1 amide bonds. The molecule has 0 N–H and O–H groups in total. The molecule has 0 saturated carbocycles. The van der Waals surface area contributed by atoms with E-state index < -0.39 is 0 Å². The minimum absolute atomic E-state index is 0.0146. The smallest absolute Gasteiger partial charge is 0.248 e. The molecular weight excluding hydrogens is 482 g/mol. The lowest BCUT2D eigenvalue weighted by Crippen LogP contribution is -2.37. The topological polar surface area (TPSA) is 86.9 Å². The summed E-state index contributed by atoms with van der Waals surface area (Å²) in [6.45, 7) is 3.32. The molecule has 0 radical (unpaired) electrons. The first-order valence-corrected chi connectivity index (χ1v) is 12.6. The van der Waals surface area contributed by atoms with E-state index in [1.807, 2.05) is 79.7 Å². The standard InChI is InChI=1S/C30H33N3O5/c1-22-9-12-25(13-10-22)30-31-28(38-32-30)16-18-33(29(34)21-37-20-24-7-5-4-6-8-24)17-15-23-11-14-26(35-2)27(19-23)36-3/h4-14,19H,15-18,20-21H2,1-3H3. The van der Waals surface area contributed by atoms with Crippen LogP contribution in [-0.2, 0) is 29.0 Å². The fourth-order valence-corrected chi connectivity index (χ4v) is 3.99. The number of hydrogen-bond donors (Lipinski definition) is 0. The van der Waals surface area contributed by atoms with Gasteiger partial charge >= 0.3 is 0 Å². The van der Waals surface area contributed by atoms with Gasteiger partial charge in [-0.15, -0.1) is 0 Å². The second kappa shape index (κ2) is 13.4. The third-order valence-corrected chi connectivity index (χ3v) is 6.18. The van der Waals surface area contributed by atoms with Crippen LogP contribution in [-0.4, -0.2) is 54.9 Å². The highest BCUT2D eigenvalue weighted by Gasteiger charge is 2.17. The molecule has 0 bridgehead atoms. The van der Waals surface area contributed by atoms with Crippen LogP contribution in [0.2, 0.25) is 0 Å². The third-order valence-electron chi connectivity index (χ3n) is 6.18. The molecule has 3 aromatic carbocycles. The Bertz CT molecular complexity index is 1310. The van der Waals surface area contributed by atoms with Crippen LogP contribution in [0.15, 0.2) is 77.3 Å². The van der Waals surface area contributed by atoms with Crippen molar-refractivity contribution in [3.63, 3.8) is 0 Å². The molecule has 0 fully saturated rings. The lowest BCUT2D eigenvalue weighted by molar-refractivity contribution is -0.136. The summed E-state index contributed by atoms with van der Waals surface area (Å²) in [5.41, 5.74) is 4.11. The van der Waals surface area contributed by atoms with Crippen LogP contribution in [0, 0.1) is 6.92 Å². The minimum Gasteiger partial charge on any atom is -0.493 e. The zero-order valence-corrected chi connectivity index (χ0v) is 22.1. The van der Waals surface area contributed by atoms with Crippen LogP contribution in [0.5, 0.6) is 11.5 Å². The Hall–Kier alpha value is -4.17. The predicted octanol–water partition coefficient (Wildman–Crippen LogP) is 4.89. The van der Waals surface area contributed by atoms with E-state index in [1.165, 1.54) is 0 Å². The summed E-state index contributed by atoms with van der Waals surface area (Å²) >= 11 is 0. The first-order chi connectivity index (χ1) is 18.6. The molecule has 0 unspecified atom stereocenters. The van der Waals surface area contributed by atoms with Gasteiger partial charge in [0.25, 0.3) is 0 Å². The van der Waals surface area contributed by atoms with E-state index in [1.54, 1.807) is 19.1 Å². The molecule has 0 aliphatic rings. The normalized spacial score (nSPS) is 10.8. The molecule has 1 heterocycles. The maximum atomic E-state index is 13.1. The molecule has 198 valence electrons. The second-order valence-electron chi connectivity index (χ2n) is 8.93. The summed E-state index contributed by atoms with van der Waals surface area (Å²) < 4.78 is 22.0. The maximum absolute atomic E-state index is 13.1. The van der Waals surface area contributed by atoms with Gasteiger partial charge in [0.1, 0.15) is 6.61 Å². The fraction of sp³-hybridized carbons (Fsp3) is 0.300. The number of carbonyl (C=O) groups excluding carboxylic acids is 1. The van der Waals surface area contributed by atoms with Crippen LogP contribution in [0.25, 0.3) is 11.4 Å². The van der Waals surface area contributed by atoms with E-state index in [0.29, 0.717) is 55.8 Å². The third kappa shape index (κ3) is 7.43. The van der Waals surface area contributed by atoms with Gasteiger partial charge in [-0.05, 0) is 36.6 Å².